The van der Waals surface area contributed by atoms with E-state index in [1.54, 1.807) is 15.9 Å². The first kappa shape index (κ1) is 14.7. The molecule has 0 aliphatic heterocycles. The van der Waals surface area contributed by atoms with Crippen LogP contribution in [0.25, 0.3) is 0 Å². The predicted molar refractivity (Wildman–Crippen MR) is 65.0 cm³/mol. The Hall–Kier alpha value is -1.32. The number of amides is 2. The minimum Gasteiger partial charge on any atom is -0.343 e. The molecule has 0 heterocycles. The smallest absolute Gasteiger partial charge is 0.224 e. The van der Waals surface area contributed by atoms with Crippen LogP contribution in [0.4, 0.5) is 0 Å². The summed E-state index contributed by atoms with van der Waals surface area (Å²) in [5, 5.41) is 0. The Morgan fingerprint density at radius 1 is 1.19 bits per heavy atom. The van der Waals surface area contributed by atoms with Crippen molar-refractivity contribution in [1.82, 2.24) is 9.80 Å². The van der Waals surface area contributed by atoms with Crippen LogP contribution in [0.1, 0.15) is 27.2 Å². The molecule has 0 saturated heterocycles. The molecule has 0 spiro atoms. The van der Waals surface area contributed by atoms with E-state index < -0.39 is 0 Å². The number of nitrogens with zero attached hydrogens (tertiary/aromatic N) is 2. The molecule has 0 radical (unpaired) electrons. The second-order valence-corrected chi connectivity index (χ2v) is 3.57. The normalized spacial score (nSPS) is 9.69. The molecule has 0 fully saturated rings. The van der Waals surface area contributed by atoms with E-state index in [4.69, 9.17) is 0 Å². The first-order valence-electron chi connectivity index (χ1n) is 5.70. The van der Waals surface area contributed by atoms with Crippen molar-refractivity contribution in [2.45, 2.75) is 27.2 Å². The lowest BCUT2D eigenvalue weighted by Gasteiger charge is -2.22. The molecule has 0 aromatic heterocycles. The van der Waals surface area contributed by atoms with E-state index in [2.05, 4.69) is 6.58 Å². The lowest BCUT2D eigenvalue weighted by atomic mass is 10.3. The van der Waals surface area contributed by atoms with Gasteiger partial charge in [0.05, 0.1) is 0 Å². The zero-order valence-electron chi connectivity index (χ0n) is 10.5. The highest BCUT2D eigenvalue weighted by Gasteiger charge is 2.13. The Bertz CT molecular complexity index is 247. The molecule has 0 unspecified atom stereocenters. The zero-order valence-corrected chi connectivity index (χ0v) is 10.5. The molecule has 0 saturated carbocycles. The molecule has 2 amide bonds. The van der Waals surface area contributed by atoms with Crippen LogP contribution in [0.15, 0.2) is 12.7 Å². The van der Waals surface area contributed by atoms with Gasteiger partial charge in [0.2, 0.25) is 11.8 Å². The number of rotatable bonds is 7. The Kier molecular flexibility index (Phi) is 7.25. The second kappa shape index (κ2) is 7.91. The highest BCUT2D eigenvalue weighted by atomic mass is 16.2. The summed E-state index contributed by atoms with van der Waals surface area (Å²) in [5.74, 6) is 0.0764. The van der Waals surface area contributed by atoms with Crippen LogP contribution in [0.3, 0.4) is 0 Å². The third-order valence-electron chi connectivity index (χ3n) is 2.51. The second-order valence-electron chi connectivity index (χ2n) is 3.57. The van der Waals surface area contributed by atoms with Crippen LogP contribution < -0.4 is 0 Å². The number of hydrogen-bond donors (Lipinski definition) is 0. The quantitative estimate of drug-likeness (QED) is 0.614. The summed E-state index contributed by atoms with van der Waals surface area (Å²) >= 11 is 0. The molecule has 0 aromatic rings. The van der Waals surface area contributed by atoms with Gasteiger partial charge in [-0.15, -0.1) is 6.58 Å². The Morgan fingerprint density at radius 2 is 1.75 bits per heavy atom. The van der Waals surface area contributed by atoms with E-state index in [0.717, 1.165) is 13.1 Å². The van der Waals surface area contributed by atoms with Gasteiger partial charge >= 0.3 is 0 Å². The van der Waals surface area contributed by atoms with Gasteiger partial charge in [0.1, 0.15) is 0 Å². The fourth-order valence-corrected chi connectivity index (χ4v) is 1.50. The van der Waals surface area contributed by atoms with E-state index >= 15 is 0 Å². The lowest BCUT2D eigenvalue weighted by molar-refractivity contribution is -0.132. The SMILES string of the molecule is C=CCN(CCC(=O)N(CC)CC)C(C)=O. The third kappa shape index (κ3) is 4.96. The number of hydrogen-bond acceptors (Lipinski definition) is 2. The van der Waals surface area contributed by atoms with Gasteiger partial charge < -0.3 is 9.80 Å². The molecule has 16 heavy (non-hydrogen) atoms. The summed E-state index contributed by atoms with van der Waals surface area (Å²) in [7, 11) is 0. The van der Waals surface area contributed by atoms with Gasteiger partial charge in [0.25, 0.3) is 0 Å². The van der Waals surface area contributed by atoms with Crippen molar-refractivity contribution in [2.75, 3.05) is 26.2 Å². The van der Waals surface area contributed by atoms with E-state index in [0.29, 0.717) is 19.5 Å². The van der Waals surface area contributed by atoms with Crippen molar-refractivity contribution in [3.8, 4) is 0 Å². The van der Waals surface area contributed by atoms with E-state index in [9.17, 15) is 9.59 Å². The minimum absolute atomic E-state index is 0.0211. The van der Waals surface area contributed by atoms with Crippen LogP contribution in [-0.4, -0.2) is 47.8 Å². The summed E-state index contributed by atoms with van der Waals surface area (Å²) in [4.78, 5) is 26.3. The molecule has 0 N–H and O–H groups in total. The fourth-order valence-electron chi connectivity index (χ4n) is 1.50. The first-order chi connectivity index (χ1) is 7.56. The van der Waals surface area contributed by atoms with Crippen LogP contribution in [0.2, 0.25) is 0 Å². The Morgan fingerprint density at radius 3 is 2.12 bits per heavy atom. The largest absolute Gasteiger partial charge is 0.343 e. The maximum Gasteiger partial charge on any atom is 0.224 e. The van der Waals surface area contributed by atoms with Crippen LogP contribution in [0, 0.1) is 0 Å². The van der Waals surface area contributed by atoms with Crippen molar-refractivity contribution >= 4 is 11.8 Å². The molecule has 0 aromatic carbocycles. The summed E-state index contributed by atoms with van der Waals surface area (Å²) in [6.45, 7) is 11.4. The molecule has 4 heteroatoms. The minimum atomic E-state index is -0.0211. The Labute approximate surface area is 97.9 Å². The Balaban J connectivity index is 4.14. The molecule has 0 aliphatic rings. The van der Waals surface area contributed by atoms with E-state index in [1.807, 2.05) is 13.8 Å². The molecular weight excluding hydrogens is 204 g/mol. The standard InChI is InChI=1S/C12H22N2O2/c1-5-9-14(11(4)15)10-8-12(16)13(6-2)7-3/h5H,1,6-10H2,2-4H3. The average Bonchev–Trinajstić information content (AvgIpc) is 2.25. The third-order valence-corrected chi connectivity index (χ3v) is 2.51. The topological polar surface area (TPSA) is 40.6 Å². The molecule has 0 rings (SSSR count). The number of carbonyl (C=O) groups excluding carboxylic acids is 2. The lowest BCUT2D eigenvalue weighted by Crippen LogP contribution is -2.36. The van der Waals surface area contributed by atoms with E-state index in [-0.39, 0.29) is 11.8 Å². The molecular formula is C12H22N2O2. The number of carbonyl (C=O) groups is 2. The van der Waals surface area contributed by atoms with E-state index in [1.165, 1.54) is 6.92 Å². The molecule has 4 nitrogen and oxygen atoms in total. The summed E-state index contributed by atoms with van der Waals surface area (Å²) in [6, 6.07) is 0. The molecule has 0 aliphatic carbocycles. The zero-order chi connectivity index (χ0) is 12.6. The summed E-state index contributed by atoms with van der Waals surface area (Å²) < 4.78 is 0. The van der Waals surface area contributed by atoms with Gasteiger partial charge in [-0.2, -0.15) is 0 Å². The monoisotopic (exact) mass is 226 g/mol. The predicted octanol–water partition coefficient (Wildman–Crippen LogP) is 1.28. The van der Waals surface area contributed by atoms with Gasteiger partial charge in [-0.25, -0.2) is 0 Å². The summed E-state index contributed by atoms with van der Waals surface area (Å²) in [5.41, 5.74) is 0. The van der Waals surface area contributed by atoms with Gasteiger partial charge in [-0.3, -0.25) is 9.59 Å². The highest BCUT2D eigenvalue weighted by Crippen LogP contribution is 1.98. The van der Waals surface area contributed by atoms with Crippen molar-refractivity contribution in [2.24, 2.45) is 0 Å². The van der Waals surface area contributed by atoms with Gasteiger partial charge in [0.15, 0.2) is 0 Å². The van der Waals surface area contributed by atoms with Gasteiger partial charge in [0, 0.05) is 39.5 Å². The highest BCUT2D eigenvalue weighted by molar-refractivity contribution is 5.78. The van der Waals surface area contributed by atoms with Crippen molar-refractivity contribution < 1.29 is 9.59 Å². The maximum absolute atomic E-state index is 11.7. The van der Waals surface area contributed by atoms with Gasteiger partial charge in [-0.1, -0.05) is 6.08 Å². The summed E-state index contributed by atoms with van der Waals surface area (Å²) in [6.07, 6.45) is 2.05. The van der Waals surface area contributed by atoms with Crippen LogP contribution >= 0.6 is 0 Å². The fraction of sp³-hybridized carbons (Fsp3) is 0.667. The molecule has 92 valence electrons. The van der Waals surface area contributed by atoms with Crippen LogP contribution in [-0.2, 0) is 9.59 Å². The first-order valence-corrected chi connectivity index (χ1v) is 5.70. The molecule has 0 bridgehead atoms. The maximum atomic E-state index is 11.7. The average molecular weight is 226 g/mol. The van der Waals surface area contributed by atoms with Gasteiger partial charge in [-0.05, 0) is 13.8 Å². The van der Waals surface area contributed by atoms with Crippen molar-refractivity contribution in [1.29, 1.82) is 0 Å². The molecule has 0 atom stereocenters. The van der Waals surface area contributed by atoms with Crippen molar-refractivity contribution in [3.63, 3.8) is 0 Å². The van der Waals surface area contributed by atoms with Crippen LogP contribution in [0.5, 0.6) is 0 Å². The van der Waals surface area contributed by atoms with Crippen molar-refractivity contribution in [3.05, 3.63) is 12.7 Å².